The van der Waals surface area contributed by atoms with Gasteiger partial charge < -0.3 is 0 Å². The summed E-state index contributed by atoms with van der Waals surface area (Å²) in [5, 5.41) is 0. The molecule has 0 saturated heterocycles. The van der Waals surface area contributed by atoms with E-state index in [1.54, 1.807) is 6.07 Å². The zero-order valence-corrected chi connectivity index (χ0v) is 9.54. The van der Waals surface area contributed by atoms with Gasteiger partial charge in [0.1, 0.15) is 0 Å². The Balaban J connectivity index is 2.56. The van der Waals surface area contributed by atoms with Crippen LogP contribution in [0.1, 0.15) is 46.5 Å². The summed E-state index contributed by atoms with van der Waals surface area (Å²) >= 11 is 0. The molecule has 2 heteroatoms. The zero-order valence-electron chi connectivity index (χ0n) is 9.54. The van der Waals surface area contributed by atoms with Gasteiger partial charge in [-0.25, -0.2) is 0 Å². The van der Waals surface area contributed by atoms with Gasteiger partial charge >= 0.3 is 0 Å². The van der Waals surface area contributed by atoms with E-state index in [4.69, 9.17) is 0 Å². The van der Waals surface area contributed by atoms with Crippen molar-refractivity contribution in [1.82, 2.24) is 0 Å². The van der Waals surface area contributed by atoms with Crippen LogP contribution in [-0.2, 0) is 6.42 Å². The second-order valence-electron chi connectivity index (χ2n) is 3.95. The molecule has 0 saturated carbocycles. The number of ketones is 2. The third-order valence-corrected chi connectivity index (χ3v) is 2.98. The van der Waals surface area contributed by atoms with Crippen molar-refractivity contribution in [3.63, 3.8) is 0 Å². The Morgan fingerprint density at radius 3 is 2.38 bits per heavy atom. The van der Waals surface area contributed by atoms with Crippen molar-refractivity contribution < 1.29 is 9.59 Å². The van der Waals surface area contributed by atoms with E-state index >= 15 is 0 Å². The molecule has 1 aromatic rings. The van der Waals surface area contributed by atoms with Crippen molar-refractivity contribution in [2.24, 2.45) is 0 Å². The highest BCUT2D eigenvalue weighted by Crippen LogP contribution is 2.24. The summed E-state index contributed by atoms with van der Waals surface area (Å²) in [5.74, 6) is -0.0403. The van der Waals surface area contributed by atoms with Gasteiger partial charge in [0.2, 0.25) is 0 Å². The van der Waals surface area contributed by atoms with Crippen LogP contribution in [0.15, 0.2) is 29.8 Å². The SMILES string of the molecule is CCC1=CC(=O)c2cc(CC)ccc2C1=O. The standard InChI is InChI=1S/C14H14O2/c1-3-9-5-6-11-12(7-9)13(15)8-10(4-2)14(11)16/h5-8H,3-4H2,1-2H3. The summed E-state index contributed by atoms with van der Waals surface area (Å²) in [4.78, 5) is 23.8. The molecule has 16 heavy (non-hydrogen) atoms. The van der Waals surface area contributed by atoms with Crippen molar-refractivity contribution >= 4 is 11.6 Å². The minimum absolute atomic E-state index is 0.000229. The van der Waals surface area contributed by atoms with E-state index in [0.29, 0.717) is 23.1 Å². The normalized spacial score (nSPS) is 14.8. The van der Waals surface area contributed by atoms with Crippen molar-refractivity contribution in [2.45, 2.75) is 26.7 Å². The topological polar surface area (TPSA) is 34.1 Å². The van der Waals surface area contributed by atoms with Crippen LogP contribution in [0.25, 0.3) is 0 Å². The molecule has 1 aliphatic carbocycles. The van der Waals surface area contributed by atoms with E-state index in [1.165, 1.54) is 6.08 Å². The van der Waals surface area contributed by atoms with E-state index < -0.39 is 0 Å². The highest BCUT2D eigenvalue weighted by molar-refractivity contribution is 6.24. The summed E-state index contributed by atoms with van der Waals surface area (Å²) in [6.45, 7) is 3.92. The van der Waals surface area contributed by atoms with Gasteiger partial charge in [-0.3, -0.25) is 9.59 Å². The Labute approximate surface area is 95.0 Å². The molecule has 0 aromatic heterocycles. The Kier molecular flexibility index (Phi) is 2.73. The maximum absolute atomic E-state index is 12.0. The smallest absolute Gasteiger partial charge is 0.189 e. The Bertz CT molecular complexity index is 495. The Morgan fingerprint density at radius 2 is 1.75 bits per heavy atom. The lowest BCUT2D eigenvalue weighted by atomic mass is 9.87. The zero-order chi connectivity index (χ0) is 11.7. The molecule has 0 spiro atoms. The monoisotopic (exact) mass is 214 g/mol. The first-order valence-corrected chi connectivity index (χ1v) is 5.59. The minimum atomic E-state index is -0.0400. The fourth-order valence-corrected chi connectivity index (χ4v) is 1.95. The molecule has 0 atom stereocenters. The number of carbonyl (C=O) groups is 2. The largest absolute Gasteiger partial charge is 0.289 e. The number of fused-ring (bicyclic) bond motifs is 1. The third kappa shape index (κ3) is 1.60. The Morgan fingerprint density at radius 1 is 1.00 bits per heavy atom. The van der Waals surface area contributed by atoms with Crippen molar-refractivity contribution in [1.29, 1.82) is 0 Å². The highest BCUT2D eigenvalue weighted by atomic mass is 16.1. The van der Waals surface area contributed by atoms with Crippen LogP contribution in [0, 0.1) is 0 Å². The van der Waals surface area contributed by atoms with Gasteiger partial charge in [-0.2, -0.15) is 0 Å². The predicted molar refractivity (Wildman–Crippen MR) is 62.9 cm³/mol. The third-order valence-electron chi connectivity index (χ3n) is 2.98. The molecule has 0 heterocycles. The minimum Gasteiger partial charge on any atom is -0.289 e. The molecule has 2 nitrogen and oxygen atoms in total. The maximum atomic E-state index is 12.0. The van der Waals surface area contributed by atoms with Crippen LogP contribution in [-0.4, -0.2) is 11.6 Å². The molecule has 82 valence electrons. The van der Waals surface area contributed by atoms with Gasteiger partial charge in [0.25, 0.3) is 0 Å². The molecular formula is C14H14O2. The van der Waals surface area contributed by atoms with E-state index in [0.717, 1.165) is 12.0 Å². The molecule has 0 amide bonds. The fraction of sp³-hybridized carbons (Fsp3) is 0.286. The van der Waals surface area contributed by atoms with E-state index in [1.807, 2.05) is 26.0 Å². The van der Waals surface area contributed by atoms with Gasteiger partial charge in [0.05, 0.1) is 0 Å². The number of aryl methyl sites for hydroxylation is 1. The van der Waals surface area contributed by atoms with Crippen LogP contribution >= 0.6 is 0 Å². The van der Waals surface area contributed by atoms with Gasteiger partial charge in [0.15, 0.2) is 11.6 Å². The molecule has 1 aliphatic rings. The van der Waals surface area contributed by atoms with Crippen molar-refractivity contribution in [2.75, 3.05) is 0 Å². The number of hydrogen-bond donors (Lipinski definition) is 0. The van der Waals surface area contributed by atoms with Crippen molar-refractivity contribution in [3.05, 3.63) is 46.5 Å². The highest BCUT2D eigenvalue weighted by Gasteiger charge is 2.24. The average molecular weight is 214 g/mol. The van der Waals surface area contributed by atoms with Gasteiger partial charge in [-0.05, 0) is 30.5 Å². The van der Waals surface area contributed by atoms with E-state index in [9.17, 15) is 9.59 Å². The predicted octanol–water partition coefficient (Wildman–Crippen LogP) is 2.96. The van der Waals surface area contributed by atoms with Gasteiger partial charge in [-0.1, -0.05) is 26.0 Å². The molecule has 0 aliphatic heterocycles. The lowest BCUT2D eigenvalue weighted by molar-refractivity contribution is 0.0982. The van der Waals surface area contributed by atoms with Crippen LogP contribution in [0.5, 0.6) is 0 Å². The molecule has 0 unspecified atom stereocenters. The molecule has 1 aromatic carbocycles. The van der Waals surface area contributed by atoms with E-state index in [2.05, 4.69) is 0 Å². The molecule has 0 fully saturated rings. The first-order chi connectivity index (χ1) is 7.67. The van der Waals surface area contributed by atoms with Crippen LogP contribution in [0.4, 0.5) is 0 Å². The second-order valence-corrected chi connectivity index (χ2v) is 3.95. The van der Waals surface area contributed by atoms with Crippen LogP contribution in [0.2, 0.25) is 0 Å². The summed E-state index contributed by atoms with van der Waals surface area (Å²) in [7, 11) is 0. The number of rotatable bonds is 2. The lowest BCUT2D eigenvalue weighted by Crippen LogP contribution is -2.16. The molecule has 0 N–H and O–H groups in total. The summed E-state index contributed by atoms with van der Waals surface area (Å²) in [6, 6.07) is 5.53. The van der Waals surface area contributed by atoms with E-state index in [-0.39, 0.29) is 11.6 Å². The number of Topliss-reactive ketones (excluding diaryl/α,β-unsaturated/α-hetero) is 1. The molecular weight excluding hydrogens is 200 g/mol. The number of carbonyl (C=O) groups excluding carboxylic acids is 2. The summed E-state index contributed by atoms with van der Waals surface area (Å²) < 4.78 is 0. The van der Waals surface area contributed by atoms with Crippen molar-refractivity contribution in [3.8, 4) is 0 Å². The molecule has 0 radical (unpaired) electrons. The summed E-state index contributed by atoms with van der Waals surface area (Å²) in [5.41, 5.74) is 2.82. The van der Waals surface area contributed by atoms with Gasteiger partial charge in [0, 0.05) is 16.7 Å². The molecule has 0 bridgehead atoms. The van der Waals surface area contributed by atoms with Crippen LogP contribution < -0.4 is 0 Å². The Hall–Kier alpha value is -1.70. The van der Waals surface area contributed by atoms with Crippen LogP contribution in [0.3, 0.4) is 0 Å². The first kappa shape index (κ1) is 10.8. The second kappa shape index (κ2) is 4.05. The first-order valence-electron chi connectivity index (χ1n) is 5.59. The number of allylic oxidation sites excluding steroid dienone is 2. The summed E-state index contributed by atoms with van der Waals surface area (Å²) in [6.07, 6.45) is 2.96. The number of benzene rings is 1. The maximum Gasteiger partial charge on any atom is 0.189 e. The lowest BCUT2D eigenvalue weighted by Gasteiger charge is -2.14. The molecule has 2 rings (SSSR count). The van der Waals surface area contributed by atoms with Gasteiger partial charge in [-0.15, -0.1) is 0 Å². The quantitative estimate of drug-likeness (QED) is 0.758. The number of hydrogen-bond acceptors (Lipinski definition) is 2. The fourth-order valence-electron chi connectivity index (χ4n) is 1.95. The average Bonchev–Trinajstić information content (AvgIpc) is 2.33.